The van der Waals surface area contributed by atoms with Crippen LogP contribution in [0.5, 0.6) is 0 Å². The highest BCUT2D eigenvalue weighted by Gasteiger charge is 2.21. The highest BCUT2D eigenvalue weighted by molar-refractivity contribution is 7.87. The lowest BCUT2D eigenvalue weighted by molar-refractivity contribution is 0.257. The minimum Gasteiger partial charge on any atom is -0.216 e. The summed E-state index contributed by atoms with van der Waals surface area (Å²) in [5, 5.41) is 4.86. The van der Waals surface area contributed by atoms with Gasteiger partial charge in [0.1, 0.15) is 0 Å². The summed E-state index contributed by atoms with van der Waals surface area (Å²) in [7, 11) is -3.50. The van der Waals surface area contributed by atoms with E-state index in [9.17, 15) is 8.42 Å². The summed E-state index contributed by atoms with van der Waals surface area (Å²) >= 11 is 0. The van der Waals surface area contributed by atoms with E-state index in [0.29, 0.717) is 18.4 Å². The summed E-state index contributed by atoms with van der Waals surface area (Å²) in [6.45, 7) is 2.68. The van der Waals surface area contributed by atoms with Crippen molar-refractivity contribution in [2.24, 2.45) is 17.0 Å². The largest absolute Gasteiger partial charge is 0.274 e. The van der Waals surface area contributed by atoms with E-state index in [-0.39, 0.29) is 0 Å². The molecule has 2 atom stereocenters. The Bertz CT molecular complexity index is 251. The number of nitrogens with two attached hydrogens (primary N) is 1. The van der Waals surface area contributed by atoms with Crippen LogP contribution in [0.15, 0.2) is 0 Å². The molecule has 0 aromatic carbocycles. The molecule has 0 amide bonds. The maximum absolute atomic E-state index is 10.6. The molecule has 2 unspecified atom stereocenters. The molecule has 3 N–H and O–H groups in total. The van der Waals surface area contributed by atoms with Gasteiger partial charge in [0.15, 0.2) is 0 Å². The summed E-state index contributed by atoms with van der Waals surface area (Å²) in [4.78, 5) is 0. The van der Waals surface area contributed by atoms with Crippen LogP contribution in [-0.4, -0.2) is 15.0 Å². The van der Waals surface area contributed by atoms with Crippen molar-refractivity contribution in [1.29, 1.82) is 0 Å². The Kier molecular flexibility index (Phi) is 3.70. The minimum absolute atomic E-state index is 0.465. The first-order chi connectivity index (χ1) is 5.99. The molecule has 0 aliphatic heterocycles. The van der Waals surface area contributed by atoms with E-state index < -0.39 is 10.2 Å². The standard InChI is InChI=1S/C8H18N2O2S/c1-7-4-2-3-5-8(7)6-10-13(9,11)12/h7-8,10H,2-6H2,1H3,(H2,9,11,12). The molecule has 0 radical (unpaired) electrons. The maximum atomic E-state index is 10.6. The van der Waals surface area contributed by atoms with Gasteiger partial charge in [0, 0.05) is 6.54 Å². The summed E-state index contributed by atoms with van der Waals surface area (Å²) in [6.07, 6.45) is 4.80. The molecule has 1 aliphatic rings. The average molecular weight is 206 g/mol. The smallest absolute Gasteiger partial charge is 0.216 e. The van der Waals surface area contributed by atoms with Crippen molar-refractivity contribution < 1.29 is 8.42 Å². The van der Waals surface area contributed by atoms with Crippen molar-refractivity contribution in [3.8, 4) is 0 Å². The molecule has 0 heterocycles. The van der Waals surface area contributed by atoms with Crippen LogP contribution in [0.1, 0.15) is 32.6 Å². The number of rotatable bonds is 3. The quantitative estimate of drug-likeness (QED) is 0.710. The van der Waals surface area contributed by atoms with Crippen molar-refractivity contribution in [3.63, 3.8) is 0 Å². The van der Waals surface area contributed by atoms with Crippen molar-refractivity contribution in [2.45, 2.75) is 32.6 Å². The number of nitrogens with one attached hydrogen (secondary N) is 1. The summed E-state index contributed by atoms with van der Waals surface area (Å²) in [6, 6.07) is 0. The summed E-state index contributed by atoms with van der Waals surface area (Å²) in [5.41, 5.74) is 0. The first kappa shape index (κ1) is 10.9. The van der Waals surface area contributed by atoms with E-state index in [1.54, 1.807) is 0 Å². The van der Waals surface area contributed by atoms with Crippen molar-refractivity contribution in [3.05, 3.63) is 0 Å². The Hall–Kier alpha value is -0.130. The van der Waals surface area contributed by atoms with E-state index >= 15 is 0 Å². The second-order valence-electron chi connectivity index (χ2n) is 3.92. The SMILES string of the molecule is CC1CCCCC1CNS(N)(=O)=O. The molecule has 1 fully saturated rings. The zero-order valence-electron chi connectivity index (χ0n) is 7.99. The van der Waals surface area contributed by atoms with Crippen LogP contribution in [0.3, 0.4) is 0 Å². The van der Waals surface area contributed by atoms with Gasteiger partial charge in [-0.15, -0.1) is 0 Å². The van der Waals surface area contributed by atoms with Crippen LogP contribution < -0.4 is 9.86 Å². The number of hydrogen-bond donors (Lipinski definition) is 2. The monoisotopic (exact) mass is 206 g/mol. The lowest BCUT2D eigenvalue weighted by atomic mass is 9.81. The van der Waals surface area contributed by atoms with Gasteiger partial charge >= 0.3 is 0 Å². The zero-order chi connectivity index (χ0) is 9.90. The molecule has 78 valence electrons. The second kappa shape index (κ2) is 4.39. The molecule has 5 heteroatoms. The molecule has 1 rings (SSSR count). The van der Waals surface area contributed by atoms with Gasteiger partial charge in [-0.2, -0.15) is 8.42 Å². The summed E-state index contributed by atoms with van der Waals surface area (Å²) < 4.78 is 23.7. The molecule has 0 saturated heterocycles. The molecule has 0 spiro atoms. The lowest BCUT2D eigenvalue weighted by Gasteiger charge is -2.28. The van der Waals surface area contributed by atoms with Crippen molar-refractivity contribution >= 4 is 10.2 Å². The van der Waals surface area contributed by atoms with E-state index in [2.05, 4.69) is 11.6 Å². The second-order valence-corrected chi connectivity index (χ2v) is 5.29. The van der Waals surface area contributed by atoms with Crippen molar-refractivity contribution in [1.82, 2.24) is 4.72 Å². The van der Waals surface area contributed by atoms with Crippen LogP contribution in [0.2, 0.25) is 0 Å². The Morgan fingerprint density at radius 1 is 1.38 bits per heavy atom. The van der Waals surface area contributed by atoms with Gasteiger partial charge in [-0.05, 0) is 18.3 Å². The van der Waals surface area contributed by atoms with Gasteiger partial charge in [0.2, 0.25) is 0 Å². The van der Waals surface area contributed by atoms with Crippen LogP contribution in [-0.2, 0) is 10.2 Å². The molecule has 1 saturated carbocycles. The van der Waals surface area contributed by atoms with E-state index in [4.69, 9.17) is 5.14 Å². The predicted octanol–water partition coefficient (Wildman–Crippen LogP) is 0.606. The Morgan fingerprint density at radius 2 is 2.00 bits per heavy atom. The first-order valence-electron chi connectivity index (χ1n) is 4.76. The van der Waals surface area contributed by atoms with Gasteiger partial charge < -0.3 is 0 Å². The molecular weight excluding hydrogens is 188 g/mol. The molecule has 4 nitrogen and oxygen atoms in total. The van der Waals surface area contributed by atoms with Gasteiger partial charge in [-0.25, -0.2) is 9.86 Å². The molecule has 0 bridgehead atoms. The first-order valence-corrected chi connectivity index (χ1v) is 6.31. The third kappa shape index (κ3) is 4.06. The highest BCUT2D eigenvalue weighted by atomic mass is 32.2. The topological polar surface area (TPSA) is 72.2 Å². The Labute approximate surface area is 80.1 Å². The molecular formula is C8H18N2O2S. The summed E-state index contributed by atoms with van der Waals surface area (Å²) in [5.74, 6) is 1.08. The van der Waals surface area contributed by atoms with Crippen LogP contribution in [0.25, 0.3) is 0 Å². The van der Waals surface area contributed by atoms with Crippen molar-refractivity contribution in [2.75, 3.05) is 6.54 Å². The normalized spacial score (nSPS) is 30.3. The van der Waals surface area contributed by atoms with Gasteiger partial charge in [-0.1, -0.05) is 26.2 Å². The molecule has 13 heavy (non-hydrogen) atoms. The van der Waals surface area contributed by atoms with Crippen LogP contribution in [0, 0.1) is 11.8 Å². The minimum atomic E-state index is -3.50. The zero-order valence-corrected chi connectivity index (χ0v) is 8.81. The third-order valence-electron chi connectivity index (χ3n) is 2.84. The molecule has 1 aliphatic carbocycles. The van der Waals surface area contributed by atoms with Gasteiger partial charge in [-0.3, -0.25) is 0 Å². The lowest BCUT2D eigenvalue weighted by Crippen LogP contribution is -2.37. The van der Waals surface area contributed by atoms with E-state index in [1.165, 1.54) is 19.3 Å². The predicted molar refractivity (Wildman–Crippen MR) is 52.2 cm³/mol. The Morgan fingerprint density at radius 3 is 2.54 bits per heavy atom. The van der Waals surface area contributed by atoms with Crippen LogP contribution >= 0.6 is 0 Å². The van der Waals surface area contributed by atoms with Crippen LogP contribution in [0.4, 0.5) is 0 Å². The van der Waals surface area contributed by atoms with E-state index in [0.717, 1.165) is 6.42 Å². The molecule has 0 aromatic heterocycles. The fourth-order valence-corrected chi connectivity index (χ4v) is 2.37. The van der Waals surface area contributed by atoms with E-state index in [1.807, 2.05) is 0 Å². The third-order valence-corrected chi connectivity index (χ3v) is 3.40. The van der Waals surface area contributed by atoms with Gasteiger partial charge in [0.05, 0.1) is 0 Å². The fourth-order valence-electron chi connectivity index (χ4n) is 1.92. The Balaban J connectivity index is 2.35. The fraction of sp³-hybridized carbons (Fsp3) is 1.00. The number of hydrogen-bond acceptors (Lipinski definition) is 2. The van der Waals surface area contributed by atoms with Gasteiger partial charge in [0.25, 0.3) is 10.2 Å². The highest BCUT2D eigenvalue weighted by Crippen LogP contribution is 2.28. The maximum Gasteiger partial charge on any atom is 0.274 e. The average Bonchev–Trinajstić information content (AvgIpc) is 2.01. The molecule has 0 aromatic rings.